The van der Waals surface area contributed by atoms with Gasteiger partial charge in [-0.1, -0.05) is 0 Å². The summed E-state index contributed by atoms with van der Waals surface area (Å²) in [5, 5.41) is 0. The van der Waals surface area contributed by atoms with E-state index in [0.717, 1.165) is 18.5 Å². The fourth-order valence-electron chi connectivity index (χ4n) is 2.82. The predicted octanol–water partition coefficient (Wildman–Crippen LogP) is 2.60. The van der Waals surface area contributed by atoms with Crippen molar-refractivity contribution in [1.29, 1.82) is 0 Å². The van der Waals surface area contributed by atoms with Gasteiger partial charge in [0, 0.05) is 12.7 Å². The number of likely N-dealkylation sites (tertiary alicyclic amines) is 1. The van der Waals surface area contributed by atoms with Gasteiger partial charge >= 0.3 is 0 Å². The monoisotopic (exact) mass is 301 g/mol. The molecule has 1 saturated heterocycles. The van der Waals surface area contributed by atoms with Crippen molar-refractivity contribution in [1.82, 2.24) is 14.9 Å². The molecule has 1 aromatic heterocycles. The molecule has 5 nitrogen and oxygen atoms in total. The van der Waals surface area contributed by atoms with Crippen molar-refractivity contribution in [2.75, 3.05) is 13.7 Å². The number of halogens is 1. The topological polar surface area (TPSA) is 55.3 Å². The van der Waals surface area contributed by atoms with Gasteiger partial charge in [-0.3, -0.25) is 4.79 Å². The van der Waals surface area contributed by atoms with Gasteiger partial charge in [-0.2, -0.15) is 0 Å². The van der Waals surface area contributed by atoms with Gasteiger partial charge < -0.3 is 9.64 Å². The number of carbonyl (C=O) groups excluding carboxylic acids is 1. The molecule has 6 heteroatoms. The molecule has 1 aliphatic heterocycles. The van der Waals surface area contributed by atoms with E-state index in [1.54, 1.807) is 17.2 Å². The maximum absolute atomic E-state index is 13.5. The Morgan fingerprint density at radius 3 is 3.00 bits per heavy atom. The molecule has 3 rings (SSSR count). The smallest absolute Gasteiger partial charge is 0.258 e. The Morgan fingerprint density at radius 2 is 2.27 bits per heavy atom. The summed E-state index contributed by atoms with van der Waals surface area (Å²) in [6, 6.07) is 5.67. The SMILES string of the molecule is COc1ccc(F)cc1C(=O)N1CCCC1c1ccncn1. The summed E-state index contributed by atoms with van der Waals surface area (Å²) in [7, 11) is 1.47. The predicted molar refractivity (Wildman–Crippen MR) is 78.0 cm³/mol. The van der Waals surface area contributed by atoms with Crippen molar-refractivity contribution >= 4 is 5.91 Å². The van der Waals surface area contributed by atoms with Crippen molar-refractivity contribution in [3.05, 3.63) is 53.9 Å². The van der Waals surface area contributed by atoms with Crippen molar-refractivity contribution in [2.45, 2.75) is 18.9 Å². The van der Waals surface area contributed by atoms with E-state index in [9.17, 15) is 9.18 Å². The Kier molecular flexibility index (Phi) is 4.00. The molecule has 0 radical (unpaired) electrons. The Hall–Kier alpha value is -2.50. The van der Waals surface area contributed by atoms with Gasteiger partial charge in [-0.25, -0.2) is 14.4 Å². The molecule has 22 heavy (non-hydrogen) atoms. The van der Waals surface area contributed by atoms with Crippen LogP contribution < -0.4 is 4.74 Å². The van der Waals surface area contributed by atoms with E-state index < -0.39 is 5.82 Å². The number of ether oxygens (including phenoxy) is 1. The van der Waals surface area contributed by atoms with Gasteiger partial charge in [0.15, 0.2) is 0 Å². The zero-order valence-electron chi connectivity index (χ0n) is 12.2. The number of amides is 1. The molecule has 1 atom stereocenters. The summed E-state index contributed by atoms with van der Waals surface area (Å²) >= 11 is 0. The van der Waals surface area contributed by atoms with E-state index in [0.29, 0.717) is 12.3 Å². The molecular formula is C16H16FN3O2. The zero-order chi connectivity index (χ0) is 15.5. The molecule has 114 valence electrons. The third-order valence-electron chi connectivity index (χ3n) is 3.85. The van der Waals surface area contributed by atoms with E-state index in [4.69, 9.17) is 4.74 Å². The van der Waals surface area contributed by atoms with E-state index in [1.165, 1.54) is 31.6 Å². The summed E-state index contributed by atoms with van der Waals surface area (Å²) in [5.74, 6) is -0.320. The minimum absolute atomic E-state index is 0.108. The van der Waals surface area contributed by atoms with Crippen LogP contribution in [0.1, 0.15) is 34.9 Å². The molecule has 2 aromatic rings. The average molecular weight is 301 g/mol. The van der Waals surface area contributed by atoms with Crippen LogP contribution in [0, 0.1) is 5.82 Å². The fraction of sp³-hybridized carbons (Fsp3) is 0.312. The van der Waals surface area contributed by atoms with Crippen LogP contribution in [0.15, 0.2) is 36.8 Å². The van der Waals surface area contributed by atoms with Crippen LogP contribution in [0.5, 0.6) is 5.75 Å². The van der Waals surface area contributed by atoms with Crippen LogP contribution >= 0.6 is 0 Å². The molecular weight excluding hydrogens is 285 g/mol. The number of aromatic nitrogens is 2. The van der Waals surface area contributed by atoms with Gasteiger partial charge in [0.2, 0.25) is 0 Å². The maximum Gasteiger partial charge on any atom is 0.258 e. The Morgan fingerprint density at radius 1 is 1.41 bits per heavy atom. The summed E-state index contributed by atoms with van der Waals surface area (Å²) in [4.78, 5) is 22.7. The zero-order valence-corrected chi connectivity index (χ0v) is 12.2. The fourth-order valence-corrected chi connectivity index (χ4v) is 2.82. The van der Waals surface area contributed by atoms with Crippen molar-refractivity contribution < 1.29 is 13.9 Å². The quantitative estimate of drug-likeness (QED) is 0.874. The minimum Gasteiger partial charge on any atom is -0.496 e. The summed E-state index contributed by atoms with van der Waals surface area (Å²) < 4.78 is 18.7. The van der Waals surface area contributed by atoms with Crippen LogP contribution in [0.2, 0.25) is 0 Å². The summed E-state index contributed by atoms with van der Waals surface area (Å²) in [6.45, 7) is 0.618. The number of nitrogens with zero attached hydrogens (tertiary/aromatic N) is 3. The molecule has 0 spiro atoms. The highest BCUT2D eigenvalue weighted by Gasteiger charge is 2.32. The van der Waals surface area contributed by atoms with Crippen molar-refractivity contribution in [3.8, 4) is 5.75 Å². The number of methoxy groups -OCH3 is 1. The molecule has 0 bridgehead atoms. The van der Waals surface area contributed by atoms with Gasteiger partial charge in [0.05, 0.1) is 24.4 Å². The average Bonchev–Trinajstić information content (AvgIpc) is 3.04. The molecule has 0 N–H and O–H groups in total. The standard InChI is InChI=1S/C16H16FN3O2/c1-22-15-5-4-11(17)9-12(15)16(21)20-8-2-3-14(20)13-6-7-18-10-19-13/h4-7,9-10,14H,2-3,8H2,1H3. The van der Waals surface area contributed by atoms with E-state index in [2.05, 4.69) is 9.97 Å². The van der Waals surface area contributed by atoms with Gasteiger partial charge in [0.25, 0.3) is 5.91 Å². The number of carbonyl (C=O) groups is 1. The number of benzene rings is 1. The van der Waals surface area contributed by atoms with E-state index in [-0.39, 0.29) is 17.5 Å². The molecule has 1 amide bonds. The Bertz CT molecular complexity index is 678. The van der Waals surface area contributed by atoms with Crippen LogP contribution in [0.4, 0.5) is 4.39 Å². The highest BCUT2D eigenvalue weighted by molar-refractivity contribution is 5.97. The lowest BCUT2D eigenvalue weighted by atomic mass is 10.1. The lowest BCUT2D eigenvalue weighted by molar-refractivity contribution is 0.0729. The minimum atomic E-state index is -0.457. The summed E-state index contributed by atoms with van der Waals surface area (Å²) in [5.41, 5.74) is 1.04. The second kappa shape index (κ2) is 6.09. The molecule has 1 unspecified atom stereocenters. The molecule has 0 aliphatic carbocycles. The maximum atomic E-state index is 13.5. The molecule has 1 aromatic carbocycles. The van der Waals surface area contributed by atoms with Crippen LogP contribution in [0.25, 0.3) is 0 Å². The highest BCUT2D eigenvalue weighted by Crippen LogP contribution is 2.33. The largest absolute Gasteiger partial charge is 0.496 e. The van der Waals surface area contributed by atoms with Crippen molar-refractivity contribution in [3.63, 3.8) is 0 Å². The third-order valence-corrected chi connectivity index (χ3v) is 3.85. The molecule has 2 heterocycles. The third kappa shape index (κ3) is 2.64. The lowest BCUT2D eigenvalue weighted by Gasteiger charge is -2.25. The first kappa shape index (κ1) is 14.4. The normalized spacial score (nSPS) is 17.5. The molecule has 1 aliphatic rings. The lowest BCUT2D eigenvalue weighted by Crippen LogP contribution is -2.31. The van der Waals surface area contributed by atoms with Crippen LogP contribution in [-0.2, 0) is 0 Å². The second-order valence-electron chi connectivity index (χ2n) is 5.14. The van der Waals surface area contributed by atoms with Crippen LogP contribution in [0.3, 0.4) is 0 Å². The second-order valence-corrected chi connectivity index (χ2v) is 5.14. The van der Waals surface area contributed by atoms with Gasteiger partial charge in [-0.15, -0.1) is 0 Å². The van der Waals surface area contributed by atoms with Gasteiger partial charge in [0.1, 0.15) is 17.9 Å². The molecule has 0 saturated carbocycles. The van der Waals surface area contributed by atoms with Crippen LogP contribution in [-0.4, -0.2) is 34.4 Å². The van der Waals surface area contributed by atoms with Gasteiger partial charge in [-0.05, 0) is 37.1 Å². The Balaban J connectivity index is 1.93. The molecule has 1 fully saturated rings. The highest BCUT2D eigenvalue weighted by atomic mass is 19.1. The number of hydrogen-bond donors (Lipinski definition) is 0. The first-order chi connectivity index (χ1) is 10.7. The number of rotatable bonds is 3. The van der Waals surface area contributed by atoms with Crippen molar-refractivity contribution in [2.24, 2.45) is 0 Å². The first-order valence-electron chi connectivity index (χ1n) is 7.11. The van der Waals surface area contributed by atoms with E-state index >= 15 is 0 Å². The first-order valence-corrected chi connectivity index (χ1v) is 7.11. The van der Waals surface area contributed by atoms with E-state index in [1.807, 2.05) is 0 Å². The number of hydrogen-bond acceptors (Lipinski definition) is 4. The summed E-state index contributed by atoms with van der Waals surface area (Å²) in [6.07, 6.45) is 4.85. The Labute approximate surface area is 127 Å².